The second kappa shape index (κ2) is 6.78. The summed E-state index contributed by atoms with van der Waals surface area (Å²) in [7, 11) is 0. The summed E-state index contributed by atoms with van der Waals surface area (Å²) >= 11 is 6.03. The molecule has 2 heterocycles. The van der Waals surface area contributed by atoms with Crippen LogP contribution < -0.4 is 4.90 Å². The van der Waals surface area contributed by atoms with Gasteiger partial charge in [-0.25, -0.2) is 4.98 Å². The third kappa shape index (κ3) is 3.56. The Hall–Kier alpha value is -2.09. The molecule has 1 saturated heterocycles. The fourth-order valence-corrected chi connectivity index (χ4v) is 2.88. The van der Waals surface area contributed by atoms with Gasteiger partial charge in [0.05, 0.1) is 5.56 Å². The third-order valence-corrected chi connectivity index (χ3v) is 4.10. The number of pyridine rings is 1. The van der Waals surface area contributed by atoms with E-state index in [-0.39, 0.29) is 0 Å². The lowest BCUT2D eigenvalue weighted by Gasteiger charge is -2.35. The molecule has 5 heteroatoms. The van der Waals surface area contributed by atoms with E-state index in [4.69, 9.17) is 16.9 Å². The minimum atomic E-state index is 0.600. The average Bonchev–Trinajstić information content (AvgIpc) is 2.56. The highest BCUT2D eigenvalue weighted by molar-refractivity contribution is 6.30. The Morgan fingerprint density at radius 2 is 1.95 bits per heavy atom. The van der Waals surface area contributed by atoms with E-state index in [0.717, 1.165) is 43.6 Å². The van der Waals surface area contributed by atoms with Crippen LogP contribution in [0.25, 0.3) is 0 Å². The Labute approximate surface area is 135 Å². The summed E-state index contributed by atoms with van der Waals surface area (Å²) in [5, 5.41) is 9.60. The van der Waals surface area contributed by atoms with Crippen LogP contribution >= 0.6 is 11.6 Å². The standard InChI is InChI=1S/C17H17ClN4/c18-16-3-1-2-14(10-16)13-21-6-8-22(9-7-21)17-5-4-15(11-19)12-20-17/h1-5,10,12H,6-9,13H2. The number of nitriles is 1. The monoisotopic (exact) mass is 312 g/mol. The van der Waals surface area contributed by atoms with Gasteiger partial charge in [0.15, 0.2) is 0 Å². The molecule has 0 atom stereocenters. The van der Waals surface area contributed by atoms with Crippen molar-refractivity contribution in [3.63, 3.8) is 0 Å². The van der Waals surface area contributed by atoms with Gasteiger partial charge in [-0.3, -0.25) is 4.90 Å². The third-order valence-electron chi connectivity index (χ3n) is 3.87. The molecule has 1 aromatic heterocycles. The number of nitrogens with zero attached hydrogens (tertiary/aromatic N) is 4. The van der Waals surface area contributed by atoms with Gasteiger partial charge in [-0.2, -0.15) is 5.26 Å². The largest absolute Gasteiger partial charge is 0.354 e. The molecule has 3 rings (SSSR count). The van der Waals surface area contributed by atoms with Crippen molar-refractivity contribution in [1.29, 1.82) is 5.26 Å². The second-order valence-electron chi connectivity index (χ2n) is 5.41. The van der Waals surface area contributed by atoms with E-state index in [1.807, 2.05) is 30.3 Å². The van der Waals surface area contributed by atoms with Crippen molar-refractivity contribution in [3.05, 3.63) is 58.7 Å². The first-order chi connectivity index (χ1) is 10.7. The molecule has 1 fully saturated rings. The maximum atomic E-state index is 8.81. The van der Waals surface area contributed by atoms with Crippen molar-refractivity contribution in [3.8, 4) is 6.07 Å². The number of anilines is 1. The molecule has 0 bridgehead atoms. The summed E-state index contributed by atoms with van der Waals surface area (Å²) in [6.45, 7) is 4.80. The molecule has 4 nitrogen and oxygen atoms in total. The summed E-state index contributed by atoms with van der Waals surface area (Å²) in [5.41, 5.74) is 1.85. The molecular formula is C17H17ClN4. The zero-order valence-corrected chi connectivity index (χ0v) is 13.0. The van der Waals surface area contributed by atoms with Crippen LogP contribution in [0.15, 0.2) is 42.6 Å². The van der Waals surface area contributed by atoms with Crippen LogP contribution in [0.3, 0.4) is 0 Å². The Morgan fingerprint density at radius 1 is 1.14 bits per heavy atom. The summed E-state index contributed by atoms with van der Waals surface area (Å²) in [6.07, 6.45) is 1.63. The lowest BCUT2D eigenvalue weighted by Crippen LogP contribution is -2.46. The van der Waals surface area contributed by atoms with Crippen molar-refractivity contribution in [2.75, 3.05) is 31.1 Å². The highest BCUT2D eigenvalue weighted by Crippen LogP contribution is 2.17. The quantitative estimate of drug-likeness (QED) is 0.874. The van der Waals surface area contributed by atoms with Crippen molar-refractivity contribution in [2.45, 2.75) is 6.54 Å². The normalized spacial score (nSPS) is 15.5. The number of hydrogen-bond acceptors (Lipinski definition) is 4. The molecule has 2 aromatic rings. The Bertz CT molecular complexity index is 670. The number of hydrogen-bond donors (Lipinski definition) is 0. The van der Waals surface area contributed by atoms with Crippen LogP contribution in [0.1, 0.15) is 11.1 Å². The van der Waals surface area contributed by atoms with E-state index in [1.165, 1.54) is 5.56 Å². The average molecular weight is 313 g/mol. The van der Waals surface area contributed by atoms with Gasteiger partial charge in [-0.1, -0.05) is 23.7 Å². The number of aromatic nitrogens is 1. The highest BCUT2D eigenvalue weighted by atomic mass is 35.5. The van der Waals surface area contributed by atoms with Crippen LogP contribution in [0.5, 0.6) is 0 Å². The molecule has 22 heavy (non-hydrogen) atoms. The summed E-state index contributed by atoms with van der Waals surface area (Å²) in [4.78, 5) is 9.04. The van der Waals surface area contributed by atoms with Gasteiger partial charge in [0, 0.05) is 43.9 Å². The zero-order valence-electron chi connectivity index (χ0n) is 12.2. The fraction of sp³-hybridized carbons (Fsp3) is 0.294. The molecule has 0 spiro atoms. The van der Waals surface area contributed by atoms with Crippen LogP contribution in [0.4, 0.5) is 5.82 Å². The molecule has 0 saturated carbocycles. The smallest absolute Gasteiger partial charge is 0.128 e. The lowest BCUT2D eigenvalue weighted by atomic mass is 10.2. The molecule has 0 unspecified atom stereocenters. The van der Waals surface area contributed by atoms with Gasteiger partial charge in [-0.05, 0) is 29.8 Å². The van der Waals surface area contributed by atoms with Crippen LogP contribution in [0.2, 0.25) is 5.02 Å². The maximum Gasteiger partial charge on any atom is 0.128 e. The van der Waals surface area contributed by atoms with Gasteiger partial charge in [0.25, 0.3) is 0 Å². The highest BCUT2D eigenvalue weighted by Gasteiger charge is 2.18. The number of benzene rings is 1. The fourth-order valence-electron chi connectivity index (χ4n) is 2.67. The number of rotatable bonds is 3. The Morgan fingerprint density at radius 3 is 2.59 bits per heavy atom. The minimum Gasteiger partial charge on any atom is -0.354 e. The van der Waals surface area contributed by atoms with E-state index in [9.17, 15) is 0 Å². The molecule has 0 amide bonds. The van der Waals surface area contributed by atoms with Crippen LogP contribution in [-0.4, -0.2) is 36.1 Å². The Kier molecular flexibility index (Phi) is 4.57. The zero-order chi connectivity index (χ0) is 15.4. The van der Waals surface area contributed by atoms with E-state index in [2.05, 4.69) is 26.9 Å². The molecule has 0 N–H and O–H groups in total. The molecule has 0 aliphatic carbocycles. The first-order valence-corrected chi connectivity index (χ1v) is 7.70. The van der Waals surface area contributed by atoms with Crippen molar-refractivity contribution < 1.29 is 0 Å². The predicted molar refractivity (Wildman–Crippen MR) is 87.9 cm³/mol. The molecular weight excluding hydrogens is 296 g/mol. The lowest BCUT2D eigenvalue weighted by molar-refractivity contribution is 0.249. The molecule has 112 valence electrons. The molecule has 1 aliphatic heterocycles. The van der Waals surface area contributed by atoms with Gasteiger partial charge < -0.3 is 4.90 Å². The topological polar surface area (TPSA) is 43.2 Å². The Balaban J connectivity index is 1.57. The van der Waals surface area contributed by atoms with E-state index in [0.29, 0.717) is 5.56 Å². The second-order valence-corrected chi connectivity index (χ2v) is 5.85. The van der Waals surface area contributed by atoms with Gasteiger partial charge >= 0.3 is 0 Å². The maximum absolute atomic E-state index is 8.81. The van der Waals surface area contributed by atoms with Crippen molar-refractivity contribution >= 4 is 17.4 Å². The SMILES string of the molecule is N#Cc1ccc(N2CCN(Cc3cccc(Cl)c3)CC2)nc1. The van der Waals surface area contributed by atoms with Gasteiger partial charge in [-0.15, -0.1) is 0 Å². The van der Waals surface area contributed by atoms with Crippen LogP contribution in [-0.2, 0) is 6.54 Å². The van der Waals surface area contributed by atoms with E-state index < -0.39 is 0 Å². The first-order valence-electron chi connectivity index (χ1n) is 7.32. The molecule has 1 aliphatic rings. The van der Waals surface area contributed by atoms with Crippen LogP contribution in [0, 0.1) is 11.3 Å². The first kappa shape index (κ1) is 14.8. The van der Waals surface area contributed by atoms with E-state index in [1.54, 1.807) is 6.20 Å². The summed E-state index contributed by atoms with van der Waals surface area (Å²) in [5.74, 6) is 0.946. The van der Waals surface area contributed by atoms with Crippen molar-refractivity contribution in [2.24, 2.45) is 0 Å². The van der Waals surface area contributed by atoms with Crippen molar-refractivity contribution in [1.82, 2.24) is 9.88 Å². The van der Waals surface area contributed by atoms with E-state index >= 15 is 0 Å². The van der Waals surface area contributed by atoms with Gasteiger partial charge in [0.1, 0.15) is 11.9 Å². The molecule has 0 radical (unpaired) electrons. The predicted octanol–water partition coefficient (Wildman–Crippen LogP) is 2.93. The van der Waals surface area contributed by atoms with Gasteiger partial charge in [0.2, 0.25) is 0 Å². The number of piperazine rings is 1. The minimum absolute atomic E-state index is 0.600. The molecule has 1 aromatic carbocycles. The summed E-state index contributed by atoms with van der Waals surface area (Å²) < 4.78 is 0. The number of halogens is 1. The summed E-state index contributed by atoms with van der Waals surface area (Å²) in [6, 6.07) is 13.9.